The molecule has 0 radical (unpaired) electrons. The first-order valence-electron chi connectivity index (χ1n) is 5.16. The van der Waals surface area contributed by atoms with Gasteiger partial charge in [0.15, 0.2) is 0 Å². The second-order valence-electron chi connectivity index (χ2n) is 3.95. The van der Waals surface area contributed by atoms with Crippen LogP contribution in [0.1, 0.15) is 19.4 Å². The van der Waals surface area contributed by atoms with Crippen molar-refractivity contribution in [1.29, 1.82) is 0 Å². The van der Waals surface area contributed by atoms with Crippen molar-refractivity contribution in [2.45, 2.75) is 20.3 Å². The number of thiol groups is 1. The summed E-state index contributed by atoms with van der Waals surface area (Å²) in [4.78, 5) is 0. The van der Waals surface area contributed by atoms with Crippen molar-refractivity contribution in [2.75, 3.05) is 17.6 Å². The van der Waals surface area contributed by atoms with Gasteiger partial charge in [0.25, 0.3) is 0 Å². The van der Waals surface area contributed by atoms with Crippen molar-refractivity contribution in [1.82, 2.24) is 0 Å². The fourth-order valence-corrected chi connectivity index (χ4v) is 1.54. The Morgan fingerprint density at radius 1 is 1.21 bits per heavy atom. The monoisotopic (exact) mass is 209 g/mol. The van der Waals surface area contributed by atoms with Gasteiger partial charge in [-0.25, -0.2) is 0 Å². The Morgan fingerprint density at radius 3 is 2.36 bits per heavy atom. The second kappa shape index (κ2) is 5.97. The smallest absolute Gasteiger partial charge is 0.0340 e. The second-order valence-corrected chi connectivity index (χ2v) is 4.39. The number of anilines is 1. The molecule has 0 amide bonds. The lowest BCUT2D eigenvalue weighted by Gasteiger charge is -2.07. The van der Waals surface area contributed by atoms with Gasteiger partial charge in [-0.15, -0.1) is 0 Å². The molecule has 2 heteroatoms. The summed E-state index contributed by atoms with van der Waals surface area (Å²) in [6.07, 6.45) is 1.16. The van der Waals surface area contributed by atoms with E-state index < -0.39 is 0 Å². The highest BCUT2D eigenvalue weighted by Gasteiger charge is 1.97. The van der Waals surface area contributed by atoms with Gasteiger partial charge in [-0.1, -0.05) is 26.0 Å². The molecule has 0 aliphatic rings. The minimum absolute atomic E-state index is 0.728. The molecule has 0 saturated carbocycles. The van der Waals surface area contributed by atoms with Crippen LogP contribution in [0.3, 0.4) is 0 Å². The molecule has 1 nitrogen and oxygen atoms in total. The van der Waals surface area contributed by atoms with Crippen molar-refractivity contribution in [3.05, 3.63) is 29.8 Å². The summed E-state index contributed by atoms with van der Waals surface area (Å²) in [5.74, 6) is 1.60. The lowest BCUT2D eigenvalue weighted by Crippen LogP contribution is -2.02. The Morgan fingerprint density at radius 2 is 1.86 bits per heavy atom. The average Bonchev–Trinajstić information content (AvgIpc) is 2.16. The minimum Gasteiger partial charge on any atom is -0.384 e. The summed E-state index contributed by atoms with van der Waals surface area (Å²) in [7, 11) is 0. The van der Waals surface area contributed by atoms with Gasteiger partial charge in [-0.2, -0.15) is 12.6 Å². The van der Waals surface area contributed by atoms with E-state index in [1.807, 2.05) is 0 Å². The van der Waals surface area contributed by atoms with E-state index in [4.69, 9.17) is 0 Å². The van der Waals surface area contributed by atoms with Crippen LogP contribution in [0.2, 0.25) is 0 Å². The Bertz CT molecular complexity index is 254. The molecule has 1 N–H and O–H groups in total. The van der Waals surface area contributed by atoms with Gasteiger partial charge >= 0.3 is 0 Å². The molecule has 0 unspecified atom stereocenters. The molecular weight excluding hydrogens is 190 g/mol. The molecule has 0 fully saturated rings. The predicted octanol–water partition coefficient (Wildman–Crippen LogP) is 3.23. The summed E-state index contributed by atoms with van der Waals surface area (Å²) in [6, 6.07) is 8.67. The Labute approximate surface area is 92.3 Å². The highest BCUT2D eigenvalue weighted by Crippen LogP contribution is 2.12. The molecule has 0 atom stereocenters. The molecule has 1 aromatic carbocycles. The molecule has 1 rings (SSSR count). The number of hydrogen-bond donors (Lipinski definition) is 2. The van der Waals surface area contributed by atoms with Gasteiger partial charge in [0, 0.05) is 18.0 Å². The summed E-state index contributed by atoms with van der Waals surface area (Å²) in [6.45, 7) is 5.41. The average molecular weight is 209 g/mol. The van der Waals surface area contributed by atoms with Gasteiger partial charge in [-0.3, -0.25) is 0 Å². The molecule has 0 spiro atoms. The van der Waals surface area contributed by atoms with E-state index in [1.165, 1.54) is 11.3 Å². The van der Waals surface area contributed by atoms with E-state index in [-0.39, 0.29) is 0 Å². The van der Waals surface area contributed by atoms with Gasteiger partial charge in [0.05, 0.1) is 0 Å². The number of nitrogens with one attached hydrogen (secondary N) is 1. The molecule has 0 aliphatic carbocycles. The summed E-state index contributed by atoms with van der Waals surface area (Å²) >= 11 is 4.15. The van der Waals surface area contributed by atoms with Crippen LogP contribution in [-0.2, 0) is 6.42 Å². The molecule has 0 bridgehead atoms. The van der Waals surface area contributed by atoms with Crippen LogP contribution in [0.15, 0.2) is 24.3 Å². The normalized spacial score (nSPS) is 10.6. The Balaban J connectivity index is 2.50. The van der Waals surface area contributed by atoms with E-state index in [0.717, 1.165) is 24.6 Å². The SMILES string of the molecule is CC(C)Cc1ccc(NCCS)cc1. The van der Waals surface area contributed by atoms with Crippen molar-refractivity contribution in [2.24, 2.45) is 5.92 Å². The molecule has 0 heterocycles. The fourth-order valence-electron chi connectivity index (χ4n) is 1.43. The summed E-state index contributed by atoms with van der Waals surface area (Å²) < 4.78 is 0. The quantitative estimate of drug-likeness (QED) is 0.710. The highest BCUT2D eigenvalue weighted by molar-refractivity contribution is 7.80. The fraction of sp³-hybridized carbons (Fsp3) is 0.500. The third-order valence-electron chi connectivity index (χ3n) is 2.04. The van der Waals surface area contributed by atoms with Crippen LogP contribution in [-0.4, -0.2) is 12.3 Å². The lowest BCUT2D eigenvalue weighted by molar-refractivity contribution is 0.647. The van der Waals surface area contributed by atoms with Gasteiger partial charge in [-0.05, 0) is 30.0 Å². The zero-order valence-corrected chi connectivity index (χ0v) is 9.85. The zero-order valence-electron chi connectivity index (χ0n) is 8.96. The maximum absolute atomic E-state index is 4.15. The maximum Gasteiger partial charge on any atom is 0.0340 e. The van der Waals surface area contributed by atoms with Crippen molar-refractivity contribution in [3.63, 3.8) is 0 Å². The van der Waals surface area contributed by atoms with E-state index in [0.29, 0.717) is 0 Å². The maximum atomic E-state index is 4.15. The lowest BCUT2D eigenvalue weighted by atomic mass is 10.0. The van der Waals surface area contributed by atoms with Gasteiger partial charge in [0.2, 0.25) is 0 Å². The van der Waals surface area contributed by atoms with Crippen LogP contribution < -0.4 is 5.32 Å². The molecule has 0 saturated heterocycles. The Kier molecular flexibility index (Phi) is 4.88. The third-order valence-corrected chi connectivity index (χ3v) is 2.26. The Hall–Kier alpha value is -0.630. The topological polar surface area (TPSA) is 12.0 Å². The zero-order chi connectivity index (χ0) is 10.4. The van der Waals surface area contributed by atoms with Crippen LogP contribution in [0.25, 0.3) is 0 Å². The molecule has 0 aromatic heterocycles. The van der Waals surface area contributed by atoms with Crippen LogP contribution in [0, 0.1) is 5.92 Å². The van der Waals surface area contributed by atoms with Crippen molar-refractivity contribution >= 4 is 18.3 Å². The number of benzene rings is 1. The van der Waals surface area contributed by atoms with E-state index in [1.54, 1.807) is 0 Å². The standard InChI is InChI=1S/C12H19NS/c1-10(2)9-11-3-5-12(6-4-11)13-7-8-14/h3-6,10,13-14H,7-9H2,1-2H3. The van der Waals surface area contributed by atoms with Crippen LogP contribution >= 0.6 is 12.6 Å². The van der Waals surface area contributed by atoms with Crippen LogP contribution in [0.4, 0.5) is 5.69 Å². The van der Waals surface area contributed by atoms with Gasteiger partial charge in [0.1, 0.15) is 0 Å². The van der Waals surface area contributed by atoms with E-state index in [9.17, 15) is 0 Å². The highest BCUT2D eigenvalue weighted by atomic mass is 32.1. The van der Waals surface area contributed by atoms with E-state index in [2.05, 4.69) is 56.1 Å². The molecule has 0 aliphatic heterocycles. The molecular formula is C12H19NS. The summed E-state index contributed by atoms with van der Waals surface area (Å²) in [5, 5.41) is 3.30. The molecule has 1 aromatic rings. The van der Waals surface area contributed by atoms with Gasteiger partial charge < -0.3 is 5.32 Å². The van der Waals surface area contributed by atoms with Crippen molar-refractivity contribution < 1.29 is 0 Å². The number of hydrogen-bond acceptors (Lipinski definition) is 2. The predicted molar refractivity (Wildman–Crippen MR) is 67.3 cm³/mol. The first-order chi connectivity index (χ1) is 6.72. The summed E-state index contributed by atoms with van der Waals surface area (Å²) in [5.41, 5.74) is 2.60. The first kappa shape index (κ1) is 11.4. The van der Waals surface area contributed by atoms with E-state index >= 15 is 0 Å². The largest absolute Gasteiger partial charge is 0.384 e. The number of rotatable bonds is 5. The minimum atomic E-state index is 0.728. The van der Waals surface area contributed by atoms with Crippen molar-refractivity contribution in [3.8, 4) is 0 Å². The molecule has 78 valence electrons. The molecule has 14 heavy (non-hydrogen) atoms. The third kappa shape index (κ3) is 4.05. The van der Waals surface area contributed by atoms with Crippen LogP contribution in [0.5, 0.6) is 0 Å². The first-order valence-corrected chi connectivity index (χ1v) is 5.79.